The summed E-state index contributed by atoms with van der Waals surface area (Å²) in [5, 5.41) is 8.91. The summed E-state index contributed by atoms with van der Waals surface area (Å²) in [5.74, 6) is 1.25. The fourth-order valence-corrected chi connectivity index (χ4v) is 3.88. The van der Waals surface area contributed by atoms with Crippen molar-refractivity contribution < 1.29 is 13.5 Å². The van der Waals surface area contributed by atoms with E-state index in [1.807, 2.05) is 0 Å². The molecule has 1 heterocycles. The number of hydrogen-bond acceptors (Lipinski definition) is 4. The second-order valence-electron chi connectivity index (χ2n) is 3.29. The Morgan fingerprint density at radius 1 is 1.58 bits per heavy atom. The van der Waals surface area contributed by atoms with Crippen LogP contribution in [0.4, 0.5) is 0 Å². The molecule has 1 aliphatic heterocycles. The lowest BCUT2D eigenvalue weighted by atomic mass is 9.94. The molecule has 0 radical (unpaired) electrons. The fraction of sp³-hybridized carbons (Fsp3) is 1.00. The first-order chi connectivity index (χ1) is 5.59. The van der Waals surface area contributed by atoms with Crippen LogP contribution in [-0.2, 0) is 9.84 Å². The van der Waals surface area contributed by atoms with Crippen LogP contribution in [0.2, 0.25) is 0 Å². The molecule has 0 aromatic rings. The number of hydrogen-bond donors (Lipinski definition) is 2. The highest BCUT2D eigenvalue weighted by molar-refractivity contribution is 7.91. The normalized spacial score (nSPS) is 30.3. The van der Waals surface area contributed by atoms with Gasteiger partial charge in [0.1, 0.15) is 0 Å². The van der Waals surface area contributed by atoms with Gasteiger partial charge in [-0.2, -0.15) is 12.6 Å². The van der Waals surface area contributed by atoms with Crippen molar-refractivity contribution in [2.45, 2.75) is 6.42 Å². The Labute approximate surface area is 78.5 Å². The molecule has 1 N–H and O–H groups in total. The van der Waals surface area contributed by atoms with E-state index in [4.69, 9.17) is 5.11 Å². The summed E-state index contributed by atoms with van der Waals surface area (Å²) in [6.45, 7) is 0.0453. The Kier molecular flexibility index (Phi) is 3.43. The lowest BCUT2D eigenvalue weighted by Gasteiger charge is -2.16. The second-order valence-corrected chi connectivity index (χ2v) is 5.88. The summed E-state index contributed by atoms with van der Waals surface area (Å²) in [6, 6.07) is 0. The second kappa shape index (κ2) is 3.98. The number of aliphatic hydroxyl groups excluding tert-OH is 1. The molecule has 0 aromatic heterocycles. The first-order valence-corrected chi connectivity index (χ1v) is 6.46. The zero-order valence-electron chi connectivity index (χ0n) is 6.81. The van der Waals surface area contributed by atoms with Crippen molar-refractivity contribution >= 4 is 22.5 Å². The van der Waals surface area contributed by atoms with Crippen molar-refractivity contribution in [2.24, 2.45) is 11.8 Å². The first kappa shape index (κ1) is 10.3. The van der Waals surface area contributed by atoms with E-state index in [2.05, 4.69) is 12.6 Å². The summed E-state index contributed by atoms with van der Waals surface area (Å²) in [5.41, 5.74) is 0. The van der Waals surface area contributed by atoms with E-state index in [1.54, 1.807) is 0 Å². The number of rotatable bonds is 3. The van der Waals surface area contributed by atoms with Crippen LogP contribution in [0.15, 0.2) is 0 Å². The molecule has 2 unspecified atom stereocenters. The van der Waals surface area contributed by atoms with Crippen LogP contribution in [0, 0.1) is 11.8 Å². The van der Waals surface area contributed by atoms with Gasteiger partial charge in [0, 0.05) is 6.61 Å². The molecule has 72 valence electrons. The van der Waals surface area contributed by atoms with Gasteiger partial charge in [-0.3, -0.25) is 0 Å². The Bertz CT molecular complexity index is 231. The van der Waals surface area contributed by atoms with Crippen LogP contribution in [0.3, 0.4) is 0 Å². The van der Waals surface area contributed by atoms with Crippen molar-refractivity contribution in [3.8, 4) is 0 Å². The van der Waals surface area contributed by atoms with E-state index < -0.39 is 9.84 Å². The molecule has 5 heteroatoms. The van der Waals surface area contributed by atoms with Crippen LogP contribution >= 0.6 is 12.6 Å². The maximum Gasteiger partial charge on any atom is 0.150 e. The van der Waals surface area contributed by atoms with Gasteiger partial charge in [0.2, 0.25) is 0 Å². The van der Waals surface area contributed by atoms with Gasteiger partial charge in [0.05, 0.1) is 11.5 Å². The van der Waals surface area contributed by atoms with Gasteiger partial charge < -0.3 is 5.11 Å². The van der Waals surface area contributed by atoms with E-state index in [0.717, 1.165) is 0 Å². The minimum Gasteiger partial charge on any atom is -0.396 e. The molecule has 1 rings (SSSR count). The number of thiol groups is 1. The maximum atomic E-state index is 11.1. The SMILES string of the molecule is O=S1(=O)CCC(C(CO)CS)C1. The van der Waals surface area contributed by atoms with Crippen LogP contribution in [0.5, 0.6) is 0 Å². The zero-order valence-corrected chi connectivity index (χ0v) is 8.52. The zero-order chi connectivity index (χ0) is 9.19. The third kappa shape index (κ3) is 2.37. The Balaban J connectivity index is 2.56. The van der Waals surface area contributed by atoms with Crippen molar-refractivity contribution in [3.63, 3.8) is 0 Å². The minimum atomic E-state index is -2.81. The van der Waals surface area contributed by atoms with E-state index in [0.29, 0.717) is 12.2 Å². The lowest BCUT2D eigenvalue weighted by molar-refractivity contribution is 0.201. The topological polar surface area (TPSA) is 54.4 Å². The van der Waals surface area contributed by atoms with Crippen LogP contribution in [0.25, 0.3) is 0 Å². The molecule has 1 aliphatic rings. The lowest BCUT2D eigenvalue weighted by Crippen LogP contribution is -2.21. The van der Waals surface area contributed by atoms with Gasteiger partial charge >= 0.3 is 0 Å². The molecule has 0 spiro atoms. The van der Waals surface area contributed by atoms with Crippen molar-refractivity contribution in [3.05, 3.63) is 0 Å². The summed E-state index contributed by atoms with van der Waals surface area (Å²) >= 11 is 4.07. The average molecular weight is 210 g/mol. The van der Waals surface area contributed by atoms with Crippen LogP contribution in [-0.4, -0.2) is 37.4 Å². The largest absolute Gasteiger partial charge is 0.396 e. The van der Waals surface area contributed by atoms with Crippen LogP contribution < -0.4 is 0 Å². The fourth-order valence-electron chi connectivity index (χ4n) is 1.55. The van der Waals surface area contributed by atoms with Crippen LogP contribution in [0.1, 0.15) is 6.42 Å². The van der Waals surface area contributed by atoms with E-state index >= 15 is 0 Å². The minimum absolute atomic E-state index is 0.0453. The Hall–Kier alpha value is 0.260. The van der Waals surface area contributed by atoms with Crippen molar-refractivity contribution in [2.75, 3.05) is 23.9 Å². The highest BCUT2D eigenvalue weighted by Gasteiger charge is 2.32. The molecule has 2 atom stereocenters. The third-order valence-corrected chi connectivity index (χ3v) is 4.67. The number of sulfone groups is 1. The molecule has 0 aromatic carbocycles. The van der Waals surface area contributed by atoms with Gasteiger partial charge in [-0.25, -0.2) is 8.42 Å². The molecule has 1 saturated heterocycles. The average Bonchev–Trinajstić information content (AvgIpc) is 2.34. The molecule has 0 bridgehead atoms. The summed E-state index contributed by atoms with van der Waals surface area (Å²) in [4.78, 5) is 0. The molecular formula is C7H14O3S2. The van der Waals surface area contributed by atoms with Gasteiger partial charge in [0.25, 0.3) is 0 Å². The summed E-state index contributed by atoms with van der Waals surface area (Å²) in [7, 11) is -2.81. The Morgan fingerprint density at radius 2 is 2.25 bits per heavy atom. The van der Waals surface area contributed by atoms with Gasteiger partial charge in [-0.05, 0) is 24.0 Å². The summed E-state index contributed by atoms with van der Waals surface area (Å²) in [6.07, 6.45) is 0.689. The standard InChI is InChI=1S/C7H14O3S2/c8-3-7(4-11)6-1-2-12(9,10)5-6/h6-8,11H,1-5H2. The molecule has 12 heavy (non-hydrogen) atoms. The highest BCUT2D eigenvalue weighted by Crippen LogP contribution is 2.26. The quantitative estimate of drug-likeness (QED) is 0.643. The first-order valence-electron chi connectivity index (χ1n) is 4.01. The molecular weight excluding hydrogens is 196 g/mol. The highest BCUT2D eigenvalue weighted by atomic mass is 32.2. The molecule has 0 saturated carbocycles. The van der Waals surface area contributed by atoms with E-state index in [1.165, 1.54) is 0 Å². The smallest absolute Gasteiger partial charge is 0.150 e. The van der Waals surface area contributed by atoms with Gasteiger partial charge in [0.15, 0.2) is 9.84 Å². The Morgan fingerprint density at radius 3 is 2.58 bits per heavy atom. The van der Waals surface area contributed by atoms with Gasteiger partial charge in [-0.1, -0.05) is 0 Å². The number of aliphatic hydroxyl groups is 1. The third-order valence-electron chi connectivity index (χ3n) is 2.40. The predicted octanol–water partition coefficient (Wildman–Crippen LogP) is -0.0406. The molecule has 1 fully saturated rings. The summed E-state index contributed by atoms with van der Waals surface area (Å²) < 4.78 is 22.1. The van der Waals surface area contributed by atoms with E-state index in [-0.39, 0.29) is 29.9 Å². The molecule has 3 nitrogen and oxygen atoms in total. The molecule has 0 aliphatic carbocycles. The molecule has 0 amide bonds. The monoisotopic (exact) mass is 210 g/mol. The van der Waals surface area contributed by atoms with Crippen molar-refractivity contribution in [1.82, 2.24) is 0 Å². The van der Waals surface area contributed by atoms with Crippen molar-refractivity contribution in [1.29, 1.82) is 0 Å². The van der Waals surface area contributed by atoms with E-state index in [9.17, 15) is 8.42 Å². The van der Waals surface area contributed by atoms with Gasteiger partial charge in [-0.15, -0.1) is 0 Å². The maximum absolute atomic E-state index is 11.1. The predicted molar refractivity (Wildman–Crippen MR) is 51.2 cm³/mol.